The minimum absolute atomic E-state index is 0.381. The lowest BCUT2D eigenvalue weighted by atomic mass is 10.2. The minimum atomic E-state index is -0.472. The molecule has 0 amide bonds. The van der Waals surface area contributed by atoms with Gasteiger partial charge in [0, 0.05) is 18.7 Å². The number of thioether (sulfide) groups is 1. The fraction of sp³-hybridized carbons (Fsp3) is 0.267. The Balaban J connectivity index is 2.21. The summed E-state index contributed by atoms with van der Waals surface area (Å²) >= 11 is 7.24. The fourth-order valence-electron chi connectivity index (χ4n) is 2.37. The molecule has 0 radical (unpaired) electrons. The van der Waals surface area contributed by atoms with Crippen LogP contribution in [-0.2, 0) is 13.6 Å². The number of nitrogens with zero attached hydrogens (tertiary/aromatic N) is 3. The van der Waals surface area contributed by atoms with E-state index in [-0.39, 0.29) is 0 Å². The van der Waals surface area contributed by atoms with E-state index in [1.54, 1.807) is 7.05 Å². The second-order valence-corrected chi connectivity index (χ2v) is 6.43. The number of fused-ring (bicyclic) bond motifs is 1. The van der Waals surface area contributed by atoms with Crippen molar-refractivity contribution in [2.24, 2.45) is 7.05 Å². The summed E-state index contributed by atoms with van der Waals surface area (Å²) in [5, 5.41) is 0.677. The molecule has 3 rings (SSSR count). The van der Waals surface area contributed by atoms with Crippen molar-refractivity contribution in [2.45, 2.75) is 11.7 Å². The lowest BCUT2D eigenvalue weighted by Crippen LogP contribution is -2.29. The number of aromatic amines is 1. The van der Waals surface area contributed by atoms with E-state index in [1.165, 1.54) is 16.3 Å². The van der Waals surface area contributed by atoms with Crippen LogP contribution in [0.3, 0.4) is 0 Å². The summed E-state index contributed by atoms with van der Waals surface area (Å²) in [6, 6.07) is 9.80. The molecule has 0 unspecified atom stereocenters. The van der Waals surface area contributed by atoms with E-state index >= 15 is 0 Å². The van der Waals surface area contributed by atoms with Crippen molar-refractivity contribution in [3.05, 3.63) is 56.7 Å². The Hall–Kier alpha value is -1.99. The largest absolute Gasteiger partial charge is 0.329 e. The topological polar surface area (TPSA) is 72.7 Å². The third-order valence-corrected chi connectivity index (χ3v) is 4.86. The molecule has 0 fully saturated rings. The highest BCUT2D eigenvalue weighted by atomic mass is 35.5. The van der Waals surface area contributed by atoms with Crippen LogP contribution in [0.1, 0.15) is 5.56 Å². The molecule has 1 N–H and O–H groups in total. The highest BCUT2D eigenvalue weighted by Crippen LogP contribution is 2.22. The SMILES string of the molecule is Cn1c(=O)[nH]c(=O)c2c1nc(SCCCl)n2Cc1ccccc1. The predicted octanol–water partition coefficient (Wildman–Crippen LogP) is 1.80. The number of H-pyrrole nitrogens is 1. The van der Waals surface area contributed by atoms with Crippen molar-refractivity contribution in [1.29, 1.82) is 0 Å². The van der Waals surface area contributed by atoms with Gasteiger partial charge >= 0.3 is 5.69 Å². The van der Waals surface area contributed by atoms with Crippen LogP contribution in [0.4, 0.5) is 0 Å². The van der Waals surface area contributed by atoms with Crippen molar-refractivity contribution in [1.82, 2.24) is 19.1 Å². The second-order valence-electron chi connectivity index (χ2n) is 4.99. The van der Waals surface area contributed by atoms with E-state index in [0.29, 0.717) is 34.5 Å². The molecule has 6 nitrogen and oxygen atoms in total. The maximum Gasteiger partial charge on any atom is 0.329 e. The number of rotatable bonds is 5. The van der Waals surface area contributed by atoms with E-state index in [4.69, 9.17) is 11.6 Å². The molecule has 8 heteroatoms. The van der Waals surface area contributed by atoms with E-state index < -0.39 is 11.2 Å². The molecule has 0 saturated carbocycles. The van der Waals surface area contributed by atoms with Gasteiger partial charge in [-0.1, -0.05) is 42.1 Å². The number of halogens is 1. The molecular weight excluding hydrogens is 336 g/mol. The van der Waals surface area contributed by atoms with Crippen molar-refractivity contribution >= 4 is 34.5 Å². The number of aryl methyl sites for hydroxylation is 1. The van der Waals surface area contributed by atoms with E-state index in [9.17, 15) is 9.59 Å². The van der Waals surface area contributed by atoms with Crippen molar-refractivity contribution < 1.29 is 0 Å². The van der Waals surface area contributed by atoms with Crippen LogP contribution in [0.2, 0.25) is 0 Å². The molecule has 0 aliphatic heterocycles. The quantitative estimate of drug-likeness (QED) is 0.562. The number of hydrogen-bond donors (Lipinski definition) is 1. The van der Waals surface area contributed by atoms with Crippen molar-refractivity contribution in [3.63, 3.8) is 0 Å². The van der Waals surface area contributed by atoms with Crippen LogP contribution in [0.25, 0.3) is 11.2 Å². The summed E-state index contributed by atoms with van der Waals surface area (Å²) in [7, 11) is 1.59. The van der Waals surface area contributed by atoms with Gasteiger partial charge in [-0.25, -0.2) is 9.78 Å². The number of imidazole rings is 1. The zero-order valence-corrected chi connectivity index (χ0v) is 14.0. The van der Waals surface area contributed by atoms with Gasteiger partial charge in [-0.05, 0) is 5.56 Å². The van der Waals surface area contributed by atoms with Gasteiger partial charge < -0.3 is 4.57 Å². The zero-order valence-electron chi connectivity index (χ0n) is 12.5. The van der Waals surface area contributed by atoms with E-state index in [0.717, 1.165) is 5.56 Å². The molecule has 0 bridgehead atoms. The van der Waals surface area contributed by atoms with Crippen molar-refractivity contribution in [2.75, 3.05) is 11.6 Å². The summed E-state index contributed by atoms with van der Waals surface area (Å²) in [5.74, 6) is 1.15. The Morgan fingerprint density at radius 3 is 2.70 bits per heavy atom. The van der Waals surface area contributed by atoms with Crippen LogP contribution in [-0.4, -0.2) is 30.7 Å². The Kier molecular flexibility index (Phi) is 4.58. The van der Waals surface area contributed by atoms with Crippen LogP contribution in [0, 0.1) is 0 Å². The van der Waals surface area contributed by atoms with Crippen LogP contribution in [0.5, 0.6) is 0 Å². The number of alkyl halides is 1. The molecule has 0 aliphatic rings. The number of nitrogens with one attached hydrogen (secondary N) is 1. The number of aromatic nitrogens is 4. The van der Waals surface area contributed by atoms with Gasteiger partial charge in [0.25, 0.3) is 5.56 Å². The molecule has 23 heavy (non-hydrogen) atoms. The third kappa shape index (κ3) is 3.07. The highest BCUT2D eigenvalue weighted by molar-refractivity contribution is 7.99. The van der Waals surface area contributed by atoms with Crippen LogP contribution in [0.15, 0.2) is 45.1 Å². The minimum Gasteiger partial charge on any atom is -0.309 e. The Bertz CT molecular complexity index is 946. The van der Waals surface area contributed by atoms with E-state index in [1.807, 2.05) is 34.9 Å². The monoisotopic (exact) mass is 350 g/mol. The zero-order chi connectivity index (χ0) is 16.4. The summed E-state index contributed by atoms with van der Waals surface area (Å²) < 4.78 is 3.18. The molecule has 0 spiro atoms. The summed E-state index contributed by atoms with van der Waals surface area (Å²) in [4.78, 5) is 30.9. The lowest BCUT2D eigenvalue weighted by molar-refractivity contribution is 0.728. The van der Waals surface area contributed by atoms with E-state index in [2.05, 4.69) is 9.97 Å². The summed E-state index contributed by atoms with van der Waals surface area (Å²) in [6.45, 7) is 0.503. The molecule has 2 aromatic heterocycles. The summed E-state index contributed by atoms with van der Waals surface area (Å²) in [6.07, 6.45) is 0. The second kappa shape index (κ2) is 6.64. The third-order valence-electron chi connectivity index (χ3n) is 3.46. The molecule has 120 valence electrons. The molecule has 3 aromatic rings. The average molecular weight is 351 g/mol. The van der Waals surface area contributed by atoms with Crippen LogP contribution < -0.4 is 11.2 Å². The first-order valence-electron chi connectivity index (χ1n) is 7.04. The van der Waals surface area contributed by atoms with Gasteiger partial charge in [0.2, 0.25) is 0 Å². The van der Waals surface area contributed by atoms with Gasteiger partial charge in [0.05, 0.1) is 6.54 Å². The van der Waals surface area contributed by atoms with Gasteiger partial charge in [0.15, 0.2) is 16.3 Å². The first-order chi connectivity index (χ1) is 11.1. The fourth-order valence-corrected chi connectivity index (χ4v) is 3.32. The maximum absolute atomic E-state index is 12.3. The normalized spacial score (nSPS) is 11.2. The maximum atomic E-state index is 12.3. The first kappa shape index (κ1) is 15.9. The number of benzene rings is 1. The average Bonchev–Trinajstić information content (AvgIpc) is 2.91. The molecule has 2 heterocycles. The highest BCUT2D eigenvalue weighted by Gasteiger charge is 2.17. The molecular formula is C15H15ClN4O2S. The predicted molar refractivity (Wildman–Crippen MR) is 92.6 cm³/mol. The smallest absolute Gasteiger partial charge is 0.309 e. The van der Waals surface area contributed by atoms with Gasteiger partial charge in [-0.3, -0.25) is 14.3 Å². The first-order valence-corrected chi connectivity index (χ1v) is 8.56. The van der Waals surface area contributed by atoms with Crippen LogP contribution >= 0.6 is 23.4 Å². The van der Waals surface area contributed by atoms with Gasteiger partial charge in [0.1, 0.15) is 0 Å². The lowest BCUT2D eigenvalue weighted by Gasteiger charge is -2.08. The van der Waals surface area contributed by atoms with Crippen molar-refractivity contribution in [3.8, 4) is 0 Å². The molecule has 1 aromatic carbocycles. The van der Waals surface area contributed by atoms with Gasteiger partial charge in [-0.15, -0.1) is 11.6 Å². The van der Waals surface area contributed by atoms with Gasteiger partial charge in [-0.2, -0.15) is 0 Å². The summed E-state index contributed by atoms with van der Waals surface area (Å²) in [5.41, 5.74) is 0.928. The Morgan fingerprint density at radius 1 is 1.26 bits per heavy atom. The standard InChI is InChI=1S/C15H15ClN4O2S/c1-19-12-11(13(21)18-14(19)22)20(15(17-12)23-8-7-16)9-10-5-3-2-4-6-10/h2-6H,7-9H2,1H3,(H,18,21,22). The Labute approximate surface area is 141 Å². The molecule has 0 aliphatic carbocycles. The molecule has 0 saturated heterocycles. The molecule has 0 atom stereocenters. The Morgan fingerprint density at radius 2 is 2.00 bits per heavy atom. The number of hydrogen-bond acceptors (Lipinski definition) is 4.